The van der Waals surface area contributed by atoms with Crippen molar-refractivity contribution in [3.8, 4) is 0 Å². The number of hydrogen-bond donors (Lipinski definition) is 1. The van der Waals surface area contributed by atoms with E-state index in [-0.39, 0.29) is 0 Å². The van der Waals surface area contributed by atoms with Gasteiger partial charge >= 0.3 is 0 Å². The van der Waals surface area contributed by atoms with Gasteiger partial charge in [0.25, 0.3) is 0 Å². The SMILES string of the molecule is CCCNCC(Cc1sccc1Br)c1ccc(C)cc1. The molecule has 20 heavy (non-hydrogen) atoms. The minimum absolute atomic E-state index is 0.539. The van der Waals surface area contributed by atoms with Gasteiger partial charge in [-0.15, -0.1) is 11.3 Å². The molecule has 0 radical (unpaired) electrons. The zero-order valence-electron chi connectivity index (χ0n) is 12.2. The molecule has 1 aromatic heterocycles. The quantitative estimate of drug-likeness (QED) is 0.680. The number of hydrogen-bond acceptors (Lipinski definition) is 2. The van der Waals surface area contributed by atoms with E-state index in [1.165, 1.54) is 26.9 Å². The van der Waals surface area contributed by atoms with Gasteiger partial charge in [-0.2, -0.15) is 0 Å². The van der Waals surface area contributed by atoms with Crippen molar-refractivity contribution < 1.29 is 0 Å². The van der Waals surface area contributed by atoms with Crippen molar-refractivity contribution in [3.63, 3.8) is 0 Å². The molecule has 2 aromatic rings. The minimum Gasteiger partial charge on any atom is -0.316 e. The highest BCUT2D eigenvalue weighted by molar-refractivity contribution is 9.10. The lowest BCUT2D eigenvalue weighted by molar-refractivity contribution is 0.579. The van der Waals surface area contributed by atoms with Gasteiger partial charge in [0.2, 0.25) is 0 Å². The van der Waals surface area contributed by atoms with E-state index in [1.54, 1.807) is 0 Å². The number of rotatable bonds is 7. The number of halogens is 1. The standard InChI is InChI=1S/C17H22BrNS/c1-3-9-19-12-15(11-17-16(18)8-10-20-17)14-6-4-13(2)5-7-14/h4-8,10,15,19H,3,9,11-12H2,1-2H3. The predicted octanol–water partition coefficient (Wildman–Crippen LogP) is 5.14. The molecule has 3 heteroatoms. The first-order chi connectivity index (χ1) is 9.70. The summed E-state index contributed by atoms with van der Waals surface area (Å²) in [5, 5.41) is 5.73. The molecular weight excluding hydrogens is 330 g/mol. The fraction of sp³-hybridized carbons (Fsp3) is 0.412. The summed E-state index contributed by atoms with van der Waals surface area (Å²) in [5.41, 5.74) is 2.76. The molecule has 108 valence electrons. The molecule has 1 heterocycles. The van der Waals surface area contributed by atoms with E-state index in [2.05, 4.69) is 70.8 Å². The van der Waals surface area contributed by atoms with Crippen LogP contribution in [0, 0.1) is 6.92 Å². The first-order valence-electron chi connectivity index (χ1n) is 7.20. The highest BCUT2D eigenvalue weighted by atomic mass is 79.9. The Balaban J connectivity index is 2.11. The van der Waals surface area contributed by atoms with Gasteiger partial charge in [-0.1, -0.05) is 36.8 Å². The average Bonchev–Trinajstić information content (AvgIpc) is 2.84. The Morgan fingerprint density at radius 3 is 2.55 bits per heavy atom. The maximum Gasteiger partial charge on any atom is 0.0314 e. The van der Waals surface area contributed by atoms with Crippen molar-refractivity contribution in [2.75, 3.05) is 13.1 Å². The Morgan fingerprint density at radius 1 is 1.20 bits per heavy atom. The van der Waals surface area contributed by atoms with E-state index >= 15 is 0 Å². The van der Waals surface area contributed by atoms with Gasteiger partial charge in [0.05, 0.1) is 0 Å². The topological polar surface area (TPSA) is 12.0 Å². The van der Waals surface area contributed by atoms with E-state index in [0.29, 0.717) is 5.92 Å². The monoisotopic (exact) mass is 351 g/mol. The van der Waals surface area contributed by atoms with Crippen LogP contribution in [0.4, 0.5) is 0 Å². The highest BCUT2D eigenvalue weighted by Gasteiger charge is 2.14. The molecule has 1 unspecified atom stereocenters. The first-order valence-corrected chi connectivity index (χ1v) is 8.87. The molecule has 0 saturated carbocycles. The fourth-order valence-corrected chi connectivity index (χ4v) is 3.89. The second-order valence-corrected chi connectivity index (χ2v) is 7.06. The van der Waals surface area contributed by atoms with Crippen LogP contribution in [0.3, 0.4) is 0 Å². The van der Waals surface area contributed by atoms with Crippen LogP contribution in [0.15, 0.2) is 40.2 Å². The molecule has 0 amide bonds. The van der Waals surface area contributed by atoms with Crippen molar-refractivity contribution in [3.05, 3.63) is 56.2 Å². The summed E-state index contributed by atoms with van der Waals surface area (Å²) < 4.78 is 1.25. The number of nitrogens with one attached hydrogen (secondary N) is 1. The second kappa shape index (κ2) is 7.96. The van der Waals surface area contributed by atoms with E-state index in [4.69, 9.17) is 0 Å². The molecule has 2 rings (SSSR count). The lowest BCUT2D eigenvalue weighted by atomic mass is 9.94. The van der Waals surface area contributed by atoms with Gasteiger partial charge in [0.1, 0.15) is 0 Å². The third-order valence-electron chi connectivity index (χ3n) is 3.49. The van der Waals surface area contributed by atoms with Crippen LogP contribution < -0.4 is 5.32 Å². The van der Waals surface area contributed by atoms with Gasteiger partial charge in [0.15, 0.2) is 0 Å². The third-order valence-corrected chi connectivity index (χ3v) is 5.44. The maximum absolute atomic E-state index is 3.65. The summed E-state index contributed by atoms with van der Waals surface area (Å²) in [4.78, 5) is 1.44. The molecule has 0 aliphatic heterocycles. The summed E-state index contributed by atoms with van der Waals surface area (Å²) in [6.07, 6.45) is 2.28. The lowest BCUT2D eigenvalue weighted by Gasteiger charge is -2.18. The summed E-state index contributed by atoms with van der Waals surface area (Å²) >= 11 is 5.49. The van der Waals surface area contributed by atoms with E-state index in [1.807, 2.05) is 11.3 Å². The molecule has 1 nitrogen and oxygen atoms in total. The van der Waals surface area contributed by atoms with Crippen LogP contribution in [0.1, 0.15) is 35.3 Å². The number of benzene rings is 1. The van der Waals surface area contributed by atoms with Crippen LogP contribution in [-0.4, -0.2) is 13.1 Å². The molecule has 0 aliphatic rings. The Morgan fingerprint density at radius 2 is 1.95 bits per heavy atom. The Bertz CT molecular complexity index is 518. The van der Waals surface area contributed by atoms with Crippen LogP contribution in [-0.2, 0) is 6.42 Å². The highest BCUT2D eigenvalue weighted by Crippen LogP contribution is 2.29. The van der Waals surface area contributed by atoms with Crippen molar-refractivity contribution in [2.45, 2.75) is 32.6 Å². The number of thiophene rings is 1. The minimum atomic E-state index is 0.539. The lowest BCUT2D eigenvalue weighted by Crippen LogP contribution is -2.23. The number of aryl methyl sites for hydroxylation is 1. The average molecular weight is 352 g/mol. The maximum atomic E-state index is 3.65. The van der Waals surface area contributed by atoms with Crippen LogP contribution in [0.25, 0.3) is 0 Å². The molecule has 1 aromatic carbocycles. The molecule has 0 spiro atoms. The molecule has 0 saturated heterocycles. The molecule has 1 N–H and O–H groups in total. The smallest absolute Gasteiger partial charge is 0.0314 e. The van der Waals surface area contributed by atoms with Crippen molar-refractivity contribution in [2.24, 2.45) is 0 Å². The van der Waals surface area contributed by atoms with Gasteiger partial charge in [0, 0.05) is 21.8 Å². The Kier molecular flexibility index (Phi) is 6.27. The Labute approximate surface area is 134 Å². The molecule has 0 fully saturated rings. The largest absolute Gasteiger partial charge is 0.316 e. The van der Waals surface area contributed by atoms with E-state index in [0.717, 1.165) is 19.5 Å². The molecule has 1 atom stereocenters. The van der Waals surface area contributed by atoms with Gasteiger partial charge < -0.3 is 5.32 Å². The molecule has 0 aliphatic carbocycles. The first kappa shape index (κ1) is 15.7. The van der Waals surface area contributed by atoms with Crippen LogP contribution in [0.5, 0.6) is 0 Å². The van der Waals surface area contributed by atoms with Crippen molar-refractivity contribution in [1.29, 1.82) is 0 Å². The summed E-state index contributed by atoms with van der Waals surface area (Å²) in [6, 6.07) is 11.1. The second-order valence-electron chi connectivity index (χ2n) is 5.21. The van der Waals surface area contributed by atoms with Crippen molar-refractivity contribution >= 4 is 27.3 Å². The molecule has 0 bridgehead atoms. The summed E-state index contributed by atoms with van der Waals surface area (Å²) in [5.74, 6) is 0.539. The summed E-state index contributed by atoms with van der Waals surface area (Å²) in [7, 11) is 0. The van der Waals surface area contributed by atoms with Gasteiger partial charge in [-0.05, 0) is 59.2 Å². The zero-order valence-corrected chi connectivity index (χ0v) is 14.6. The normalized spacial score (nSPS) is 12.6. The van der Waals surface area contributed by atoms with Crippen molar-refractivity contribution in [1.82, 2.24) is 5.32 Å². The third kappa shape index (κ3) is 4.44. The van der Waals surface area contributed by atoms with E-state index in [9.17, 15) is 0 Å². The van der Waals surface area contributed by atoms with Crippen LogP contribution >= 0.6 is 27.3 Å². The van der Waals surface area contributed by atoms with Gasteiger partial charge in [-0.3, -0.25) is 0 Å². The predicted molar refractivity (Wildman–Crippen MR) is 92.8 cm³/mol. The van der Waals surface area contributed by atoms with Crippen LogP contribution in [0.2, 0.25) is 0 Å². The fourth-order valence-electron chi connectivity index (χ4n) is 2.29. The Hall–Kier alpha value is -0.640. The molecular formula is C17H22BrNS. The summed E-state index contributed by atoms with van der Waals surface area (Å²) in [6.45, 7) is 6.49. The van der Waals surface area contributed by atoms with Gasteiger partial charge in [-0.25, -0.2) is 0 Å². The van der Waals surface area contributed by atoms with E-state index < -0.39 is 0 Å². The zero-order chi connectivity index (χ0) is 14.4.